The fraction of sp³-hybridized carbons (Fsp3) is 0.115. The van der Waals surface area contributed by atoms with Crippen molar-refractivity contribution in [2.45, 2.75) is 18.9 Å². The van der Waals surface area contributed by atoms with Crippen LogP contribution in [0.3, 0.4) is 0 Å². The molecule has 194 valence electrons. The zero-order valence-electron chi connectivity index (χ0n) is 18.9. The van der Waals surface area contributed by atoms with Gasteiger partial charge in [0.1, 0.15) is 11.4 Å². The predicted octanol–water partition coefficient (Wildman–Crippen LogP) is 7.48. The Hall–Kier alpha value is -4.35. The normalized spacial score (nSPS) is 12.3. The topological polar surface area (TPSA) is 43.6 Å². The lowest BCUT2D eigenvalue weighted by Crippen LogP contribution is -2.12. The second-order valence-corrected chi connectivity index (χ2v) is 8.35. The molecule has 0 amide bonds. The van der Waals surface area contributed by atoms with Crippen molar-refractivity contribution >= 4 is 0 Å². The van der Waals surface area contributed by atoms with Crippen molar-refractivity contribution in [2.75, 3.05) is 0 Å². The Labute approximate surface area is 209 Å². The van der Waals surface area contributed by atoms with Crippen molar-refractivity contribution in [2.24, 2.45) is 0 Å². The first-order valence-corrected chi connectivity index (χ1v) is 10.9. The average molecular weight is 534 g/mol. The summed E-state index contributed by atoms with van der Waals surface area (Å²) in [6.07, 6.45) is -7.10. The third-order valence-corrected chi connectivity index (χ3v) is 5.74. The third kappa shape index (κ3) is 4.93. The fourth-order valence-corrected chi connectivity index (χ4v) is 3.98. The summed E-state index contributed by atoms with van der Waals surface area (Å²) in [4.78, 5) is 8.39. The van der Waals surface area contributed by atoms with Crippen LogP contribution < -0.4 is 0 Å². The minimum atomic E-state index is -5.01. The van der Waals surface area contributed by atoms with Crippen molar-refractivity contribution in [1.82, 2.24) is 19.7 Å². The summed E-state index contributed by atoms with van der Waals surface area (Å²) in [5.74, 6) is -2.19. The van der Waals surface area contributed by atoms with Gasteiger partial charge in [0.05, 0.1) is 35.6 Å². The number of imidazole rings is 1. The number of aromatic nitrogens is 4. The van der Waals surface area contributed by atoms with E-state index in [4.69, 9.17) is 0 Å². The lowest BCUT2D eigenvalue weighted by atomic mass is 9.95. The second kappa shape index (κ2) is 9.19. The monoisotopic (exact) mass is 534 g/mol. The number of halogens is 8. The molecule has 3 aromatic rings. The molecule has 0 saturated heterocycles. The molecule has 0 N–H and O–H groups in total. The highest BCUT2D eigenvalue weighted by Crippen LogP contribution is 2.41. The summed E-state index contributed by atoms with van der Waals surface area (Å²) < 4.78 is 109. The molecule has 0 atom stereocenters. The van der Waals surface area contributed by atoms with E-state index in [9.17, 15) is 35.1 Å². The molecule has 0 spiro atoms. The standard InChI is InChI=1S/C26H14F8N4/c27-20-6-2-5-18(23(20)28)24-36-21-11-35-38(13-22(21)37-24)12-14-3-1-4-15(9-14)17-8-7-16(25(29,30)31)10-19(17)26(32,33)34/h1-11,13H,12H2. The molecule has 0 radical (unpaired) electrons. The molecule has 0 fully saturated rings. The van der Waals surface area contributed by atoms with E-state index in [2.05, 4.69) is 15.1 Å². The molecular formula is C26H14F8N4. The SMILES string of the molecule is Fc1cccc(-c2nc3cnn(Cc4cccc(-c5ccc(C(F)(F)F)cc5C(F)(F)F)c4)cc-3n2)c1F. The molecule has 0 unspecified atom stereocenters. The van der Waals surface area contributed by atoms with Crippen molar-refractivity contribution in [3.63, 3.8) is 0 Å². The van der Waals surface area contributed by atoms with Gasteiger partial charge in [-0.15, -0.1) is 0 Å². The lowest BCUT2D eigenvalue weighted by Gasteiger charge is -2.17. The molecule has 3 aromatic carbocycles. The summed E-state index contributed by atoms with van der Waals surface area (Å²) in [5, 5.41) is 4.19. The maximum Gasteiger partial charge on any atom is 0.417 e. The molecule has 5 rings (SSSR count). The third-order valence-electron chi connectivity index (χ3n) is 5.74. The number of nitrogens with zero attached hydrogens (tertiary/aromatic N) is 4. The van der Waals surface area contributed by atoms with E-state index in [-0.39, 0.29) is 29.6 Å². The van der Waals surface area contributed by atoms with Crippen molar-refractivity contribution in [1.29, 1.82) is 0 Å². The highest BCUT2D eigenvalue weighted by atomic mass is 19.4. The molecule has 4 nitrogen and oxygen atoms in total. The highest BCUT2D eigenvalue weighted by molar-refractivity contribution is 5.69. The highest BCUT2D eigenvalue weighted by Gasteiger charge is 2.38. The van der Waals surface area contributed by atoms with Gasteiger partial charge < -0.3 is 0 Å². The summed E-state index contributed by atoms with van der Waals surface area (Å²) in [6, 6.07) is 11.0. The number of alkyl halides is 6. The largest absolute Gasteiger partial charge is 0.417 e. The van der Waals surface area contributed by atoms with Crippen LogP contribution >= 0.6 is 0 Å². The molecule has 0 saturated carbocycles. The number of benzene rings is 3. The van der Waals surface area contributed by atoms with E-state index in [1.807, 2.05) is 0 Å². The Morgan fingerprint density at radius 2 is 1.47 bits per heavy atom. The number of rotatable bonds is 4. The molecule has 0 bridgehead atoms. The van der Waals surface area contributed by atoms with Crippen LogP contribution in [0.5, 0.6) is 0 Å². The van der Waals surface area contributed by atoms with Crippen molar-refractivity contribution in [3.8, 4) is 33.9 Å². The van der Waals surface area contributed by atoms with Gasteiger partial charge in [-0.2, -0.15) is 31.4 Å². The molecule has 2 aliphatic heterocycles. The van der Waals surface area contributed by atoms with Crippen LogP contribution in [0, 0.1) is 11.6 Å². The molecule has 38 heavy (non-hydrogen) atoms. The molecule has 0 aromatic heterocycles. The summed E-state index contributed by atoms with van der Waals surface area (Å²) in [6.45, 7) is 0.0717. The van der Waals surface area contributed by atoms with Crippen LogP contribution in [0.25, 0.3) is 33.9 Å². The van der Waals surface area contributed by atoms with E-state index < -0.39 is 40.7 Å². The van der Waals surface area contributed by atoms with Gasteiger partial charge >= 0.3 is 12.4 Å². The van der Waals surface area contributed by atoms with E-state index in [0.717, 1.165) is 12.1 Å². The smallest absolute Gasteiger partial charge is 0.266 e. The van der Waals surface area contributed by atoms with E-state index >= 15 is 0 Å². The predicted molar refractivity (Wildman–Crippen MR) is 121 cm³/mol. The first kappa shape index (κ1) is 25.3. The van der Waals surface area contributed by atoms with Gasteiger partial charge in [-0.25, -0.2) is 18.7 Å². The molecular weight excluding hydrogens is 520 g/mol. The Morgan fingerprint density at radius 3 is 2.21 bits per heavy atom. The number of hydrogen-bond acceptors (Lipinski definition) is 3. The lowest BCUT2D eigenvalue weighted by molar-refractivity contribution is -0.142. The molecule has 0 aliphatic carbocycles. The van der Waals surface area contributed by atoms with Crippen LogP contribution in [0.4, 0.5) is 35.1 Å². The van der Waals surface area contributed by atoms with Crippen molar-refractivity contribution < 1.29 is 35.1 Å². The van der Waals surface area contributed by atoms with Gasteiger partial charge in [0.2, 0.25) is 0 Å². The first-order valence-electron chi connectivity index (χ1n) is 10.9. The Bertz CT molecular complexity index is 1600. The van der Waals surface area contributed by atoms with Crippen molar-refractivity contribution in [3.05, 3.63) is 101 Å². The van der Waals surface area contributed by atoms with Crippen LogP contribution in [0.15, 0.2) is 73.1 Å². The van der Waals surface area contributed by atoms with E-state index in [1.54, 1.807) is 6.07 Å². The van der Waals surface area contributed by atoms with Gasteiger partial charge in [-0.1, -0.05) is 30.3 Å². The van der Waals surface area contributed by atoms with Crippen LogP contribution in [0.1, 0.15) is 16.7 Å². The summed E-state index contributed by atoms with van der Waals surface area (Å²) in [5.41, 5.74) is -2.12. The van der Waals surface area contributed by atoms with Gasteiger partial charge in [0.25, 0.3) is 0 Å². The number of fused-ring (bicyclic) bond motifs is 1. The van der Waals surface area contributed by atoms with Crippen LogP contribution in [-0.4, -0.2) is 19.7 Å². The average Bonchev–Trinajstić information content (AvgIpc) is 3.27. The maximum absolute atomic E-state index is 14.1. The zero-order valence-corrected chi connectivity index (χ0v) is 18.9. The zero-order chi connectivity index (χ0) is 27.2. The first-order chi connectivity index (χ1) is 17.9. The minimum Gasteiger partial charge on any atom is -0.266 e. The Balaban J connectivity index is 1.47. The Morgan fingerprint density at radius 1 is 0.737 bits per heavy atom. The fourth-order valence-electron chi connectivity index (χ4n) is 3.98. The quantitative estimate of drug-likeness (QED) is 0.225. The maximum atomic E-state index is 14.1. The van der Waals surface area contributed by atoms with Gasteiger partial charge in [-0.3, -0.25) is 4.68 Å². The molecule has 2 aliphatic rings. The summed E-state index contributed by atoms with van der Waals surface area (Å²) >= 11 is 0. The summed E-state index contributed by atoms with van der Waals surface area (Å²) in [7, 11) is 0. The minimum absolute atomic E-state index is 0.0412. The van der Waals surface area contributed by atoms with Crippen LogP contribution in [0.2, 0.25) is 0 Å². The van der Waals surface area contributed by atoms with E-state index in [1.165, 1.54) is 47.4 Å². The van der Waals surface area contributed by atoms with Gasteiger partial charge in [-0.05, 0) is 47.0 Å². The Kier molecular flexibility index (Phi) is 6.12. The van der Waals surface area contributed by atoms with Gasteiger partial charge in [0, 0.05) is 0 Å². The number of hydrogen-bond donors (Lipinski definition) is 0. The van der Waals surface area contributed by atoms with E-state index in [0.29, 0.717) is 23.0 Å². The molecule has 12 heteroatoms. The molecule has 2 heterocycles. The van der Waals surface area contributed by atoms with Gasteiger partial charge in [0.15, 0.2) is 17.5 Å². The van der Waals surface area contributed by atoms with Crippen LogP contribution in [-0.2, 0) is 18.9 Å². The second-order valence-electron chi connectivity index (χ2n) is 8.35.